The fourth-order valence-corrected chi connectivity index (χ4v) is 3.16. The smallest absolute Gasteiger partial charge is 0.251 e. The normalized spacial score (nSPS) is 13.7. The van der Waals surface area contributed by atoms with Gasteiger partial charge in [0.2, 0.25) is 0 Å². The molecule has 1 saturated heterocycles. The zero-order chi connectivity index (χ0) is 18.0. The minimum Gasteiger partial charge on any atom is -0.506 e. The van der Waals surface area contributed by atoms with Gasteiger partial charge in [-0.05, 0) is 24.6 Å². The molecule has 0 aliphatic carbocycles. The summed E-state index contributed by atoms with van der Waals surface area (Å²) < 4.78 is 23.5. The number of anilines is 2. The van der Waals surface area contributed by atoms with Gasteiger partial charge in [-0.1, -0.05) is 0 Å². The average Bonchev–Trinajstić information content (AvgIpc) is 2.99. The van der Waals surface area contributed by atoms with Crippen LogP contribution in [0.15, 0.2) is 24.4 Å². The first kappa shape index (κ1) is 17.2. The highest BCUT2D eigenvalue weighted by atomic mass is 32.2. The number of methoxy groups -OCH3 is 1. The van der Waals surface area contributed by atoms with Crippen LogP contribution in [0, 0.1) is 12.7 Å². The summed E-state index contributed by atoms with van der Waals surface area (Å²) in [5.74, 6) is 0.209. The van der Waals surface area contributed by atoms with Crippen molar-refractivity contribution < 1.29 is 19.0 Å². The summed E-state index contributed by atoms with van der Waals surface area (Å²) in [5.41, 5.74) is 1.44. The van der Waals surface area contributed by atoms with Gasteiger partial charge in [0.05, 0.1) is 19.2 Å². The van der Waals surface area contributed by atoms with Gasteiger partial charge < -0.3 is 15.2 Å². The molecule has 0 radical (unpaired) electrons. The van der Waals surface area contributed by atoms with Crippen molar-refractivity contribution >= 4 is 29.5 Å². The number of halogens is 1. The van der Waals surface area contributed by atoms with Crippen molar-refractivity contribution in [2.45, 2.75) is 13.5 Å². The van der Waals surface area contributed by atoms with Crippen LogP contribution < -0.4 is 19.1 Å². The molecule has 0 unspecified atom stereocenters. The van der Waals surface area contributed by atoms with Gasteiger partial charge in [-0.2, -0.15) is 0 Å². The zero-order valence-electron chi connectivity index (χ0n) is 13.7. The standard InChI is InChI=1S/C16H17FN4O3S/c1-9-6-18-14(5-13(9)24-2)19-7-10-3-11(17)16(12(22)4-10)21-8-15(23)20-25-21/h3-6,22H,7-8H2,1-2H3,(H,18,19)(H,20,23). The van der Waals surface area contributed by atoms with E-state index < -0.39 is 5.82 Å². The zero-order valence-corrected chi connectivity index (χ0v) is 14.5. The van der Waals surface area contributed by atoms with Gasteiger partial charge in [0.25, 0.3) is 5.91 Å². The van der Waals surface area contributed by atoms with Crippen molar-refractivity contribution in [2.75, 3.05) is 23.3 Å². The van der Waals surface area contributed by atoms with Crippen LogP contribution >= 0.6 is 12.1 Å². The first-order valence-corrected chi connectivity index (χ1v) is 8.24. The molecule has 132 valence electrons. The van der Waals surface area contributed by atoms with Crippen molar-refractivity contribution in [1.82, 2.24) is 9.71 Å². The Kier molecular flexibility index (Phi) is 4.84. The number of carbonyl (C=O) groups excluding carboxylic acids is 1. The topological polar surface area (TPSA) is 86.7 Å². The van der Waals surface area contributed by atoms with Crippen molar-refractivity contribution in [3.05, 3.63) is 41.3 Å². The first-order valence-electron chi connectivity index (χ1n) is 7.47. The van der Waals surface area contributed by atoms with E-state index in [9.17, 15) is 14.3 Å². The molecule has 3 rings (SSSR count). The molecule has 25 heavy (non-hydrogen) atoms. The number of nitrogens with one attached hydrogen (secondary N) is 2. The molecule has 3 N–H and O–H groups in total. The third-order valence-electron chi connectivity index (χ3n) is 3.66. The monoisotopic (exact) mass is 364 g/mol. The Morgan fingerprint density at radius 3 is 2.92 bits per heavy atom. The number of hydrogen-bond acceptors (Lipinski definition) is 7. The Balaban J connectivity index is 1.74. The highest BCUT2D eigenvalue weighted by Gasteiger charge is 2.26. The third-order valence-corrected chi connectivity index (χ3v) is 4.51. The summed E-state index contributed by atoms with van der Waals surface area (Å²) in [6, 6.07) is 4.52. The van der Waals surface area contributed by atoms with Crippen molar-refractivity contribution in [3.63, 3.8) is 0 Å². The van der Waals surface area contributed by atoms with Gasteiger partial charge in [-0.25, -0.2) is 9.37 Å². The van der Waals surface area contributed by atoms with Crippen LogP contribution in [0.4, 0.5) is 15.9 Å². The summed E-state index contributed by atoms with van der Waals surface area (Å²) in [7, 11) is 1.58. The molecule has 1 aromatic heterocycles. The predicted molar refractivity (Wildman–Crippen MR) is 94.0 cm³/mol. The Bertz CT molecular complexity index is 795. The fraction of sp³-hybridized carbons (Fsp3) is 0.250. The number of amides is 1. The summed E-state index contributed by atoms with van der Waals surface area (Å²) in [4.78, 5) is 15.5. The van der Waals surface area contributed by atoms with Crippen molar-refractivity contribution in [2.24, 2.45) is 0 Å². The molecule has 0 atom stereocenters. The second-order valence-corrected chi connectivity index (χ2v) is 6.32. The lowest BCUT2D eigenvalue weighted by atomic mass is 10.1. The lowest BCUT2D eigenvalue weighted by molar-refractivity contribution is -0.117. The maximum atomic E-state index is 14.4. The van der Waals surface area contributed by atoms with Gasteiger partial charge in [0.1, 0.15) is 29.5 Å². The highest BCUT2D eigenvalue weighted by Crippen LogP contribution is 2.36. The van der Waals surface area contributed by atoms with Crippen molar-refractivity contribution in [3.8, 4) is 11.5 Å². The average molecular weight is 364 g/mol. The molecule has 9 heteroatoms. The quantitative estimate of drug-likeness (QED) is 0.702. The van der Waals surface area contributed by atoms with Crippen LogP contribution in [0.3, 0.4) is 0 Å². The number of aromatic nitrogens is 1. The van der Waals surface area contributed by atoms with Crippen LogP contribution in [0.25, 0.3) is 0 Å². The summed E-state index contributed by atoms with van der Waals surface area (Å²) in [6.45, 7) is 2.14. The van der Waals surface area contributed by atoms with Crippen molar-refractivity contribution in [1.29, 1.82) is 0 Å². The summed E-state index contributed by atoms with van der Waals surface area (Å²) in [6.07, 6.45) is 1.68. The van der Waals surface area contributed by atoms with Crippen LogP contribution in [0.2, 0.25) is 0 Å². The van der Waals surface area contributed by atoms with Gasteiger partial charge in [-0.3, -0.25) is 13.8 Å². The number of rotatable bonds is 5. The third kappa shape index (κ3) is 3.71. The van der Waals surface area contributed by atoms with Crippen LogP contribution in [-0.4, -0.2) is 29.7 Å². The number of aryl methyl sites for hydroxylation is 1. The number of aromatic hydroxyl groups is 1. The fourth-order valence-electron chi connectivity index (χ4n) is 2.43. The summed E-state index contributed by atoms with van der Waals surface area (Å²) >= 11 is 0.948. The minimum absolute atomic E-state index is 0.0118. The largest absolute Gasteiger partial charge is 0.506 e. The van der Waals surface area contributed by atoms with Crippen LogP contribution in [0.1, 0.15) is 11.1 Å². The number of nitrogens with zero attached hydrogens (tertiary/aromatic N) is 2. The van der Waals surface area contributed by atoms with Gasteiger partial charge in [0, 0.05) is 24.4 Å². The maximum absolute atomic E-state index is 14.4. The van der Waals surface area contributed by atoms with E-state index in [1.807, 2.05) is 6.92 Å². The molecule has 0 saturated carbocycles. The molecule has 1 aliphatic heterocycles. The van der Waals surface area contributed by atoms with E-state index in [2.05, 4.69) is 15.0 Å². The Morgan fingerprint density at radius 2 is 2.28 bits per heavy atom. The second kappa shape index (κ2) is 7.06. The number of hydrogen-bond donors (Lipinski definition) is 3. The second-order valence-electron chi connectivity index (χ2n) is 5.49. The Labute approximate surface area is 148 Å². The number of phenols is 1. The molecule has 1 aliphatic rings. The molecule has 2 heterocycles. The molecular formula is C16H17FN4O3S. The van der Waals surface area contributed by atoms with E-state index in [1.165, 1.54) is 16.4 Å². The van der Waals surface area contributed by atoms with E-state index in [1.54, 1.807) is 19.4 Å². The minimum atomic E-state index is -0.602. The van der Waals surface area contributed by atoms with E-state index in [4.69, 9.17) is 4.74 Å². The first-order chi connectivity index (χ1) is 12.0. The number of benzene rings is 1. The van der Waals surface area contributed by atoms with E-state index in [0.717, 1.165) is 17.7 Å². The molecular weight excluding hydrogens is 347 g/mol. The molecule has 2 aromatic rings. The lowest BCUT2D eigenvalue weighted by Crippen LogP contribution is -2.16. The van der Waals surface area contributed by atoms with E-state index in [0.29, 0.717) is 17.1 Å². The molecule has 1 amide bonds. The van der Waals surface area contributed by atoms with E-state index >= 15 is 0 Å². The van der Waals surface area contributed by atoms with Gasteiger partial charge in [-0.15, -0.1) is 0 Å². The van der Waals surface area contributed by atoms with Crippen LogP contribution in [0.5, 0.6) is 11.5 Å². The van der Waals surface area contributed by atoms with Gasteiger partial charge in [0.15, 0.2) is 5.82 Å². The lowest BCUT2D eigenvalue weighted by Gasteiger charge is -2.17. The number of pyridine rings is 1. The van der Waals surface area contributed by atoms with Crippen LogP contribution in [-0.2, 0) is 11.3 Å². The molecule has 1 aromatic carbocycles. The number of carbonyl (C=O) groups is 1. The highest BCUT2D eigenvalue weighted by molar-refractivity contribution is 7.99. The molecule has 7 nitrogen and oxygen atoms in total. The van der Waals surface area contributed by atoms with E-state index in [-0.39, 0.29) is 30.4 Å². The SMILES string of the molecule is COc1cc(NCc2cc(O)c(N3CC(=O)NS3)c(F)c2)ncc1C. The maximum Gasteiger partial charge on any atom is 0.251 e. The predicted octanol–water partition coefficient (Wildman–Crippen LogP) is 2.35. The molecule has 0 spiro atoms. The molecule has 1 fully saturated rings. The Morgan fingerprint density at radius 1 is 1.48 bits per heavy atom. The number of ether oxygens (including phenoxy) is 1. The number of phenolic OH excluding ortho intramolecular Hbond substituents is 1. The Hall–Kier alpha value is -2.68. The summed E-state index contributed by atoms with van der Waals surface area (Å²) in [5, 5.41) is 13.2. The van der Waals surface area contributed by atoms with Gasteiger partial charge >= 0.3 is 0 Å². The molecule has 0 bridgehead atoms.